The summed E-state index contributed by atoms with van der Waals surface area (Å²) in [7, 11) is 0. The largest absolute Gasteiger partial charge is 0.457 e. The van der Waals surface area contributed by atoms with Gasteiger partial charge in [0.25, 0.3) is 0 Å². The Labute approximate surface area is 127 Å². The molecule has 0 unspecified atom stereocenters. The van der Waals surface area contributed by atoms with Gasteiger partial charge in [-0.15, -0.1) is 0 Å². The molecule has 2 nitrogen and oxygen atoms in total. The van der Waals surface area contributed by atoms with Crippen LogP contribution in [-0.2, 0) is 5.41 Å². The van der Waals surface area contributed by atoms with E-state index in [-0.39, 0.29) is 5.41 Å². The second kappa shape index (κ2) is 6.31. The molecule has 2 aromatic carbocycles. The molecule has 2 rings (SSSR count). The fourth-order valence-electron chi connectivity index (χ4n) is 2.22. The Morgan fingerprint density at radius 2 is 1.76 bits per heavy atom. The second-order valence-corrected chi connectivity index (χ2v) is 6.34. The molecular formula is C19H24O2. The molecule has 0 saturated carbocycles. The lowest BCUT2D eigenvalue weighted by atomic mass is 9.87. The summed E-state index contributed by atoms with van der Waals surface area (Å²) in [6.07, 6.45) is 0.176. The molecule has 0 bridgehead atoms. The number of hydrogen-bond acceptors (Lipinski definition) is 2. The summed E-state index contributed by atoms with van der Waals surface area (Å²) in [6, 6.07) is 15.8. The fraction of sp³-hybridized carbons (Fsp3) is 0.368. The lowest BCUT2D eigenvalue weighted by Crippen LogP contribution is -2.10. The summed E-state index contributed by atoms with van der Waals surface area (Å²) in [5.41, 5.74) is 2.15. The highest BCUT2D eigenvalue weighted by molar-refractivity contribution is 5.41. The smallest absolute Gasteiger partial charge is 0.133 e. The Balaban J connectivity index is 2.31. The van der Waals surface area contributed by atoms with Crippen LogP contribution in [0, 0.1) is 0 Å². The number of para-hydroxylation sites is 1. The number of rotatable bonds is 4. The molecule has 21 heavy (non-hydrogen) atoms. The molecule has 1 atom stereocenters. The molecule has 0 spiro atoms. The normalized spacial score (nSPS) is 13.0. The topological polar surface area (TPSA) is 29.5 Å². The van der Waals surface area contributed by atoms with Gasteiger partial charge in [0.2, 0.25) is 0 Å². The van der Waals surface area contributed by atoms with Crippen molar-refractivity contribution >= 4 is 0 Å². The minimum atomic E-state index is -0.494. The van der Waals surface area contributed by atoms with E-state index in [0.717, 1.165) is 17.1 Å². The van der Waals surface area contributed by atoms with Gasteiger partial charge in [-0.05, 0) is 35.6 Å². The van der Waals surface area contributed by atoms with E-state index in [2.05, 4.69) is 32.9 Å². The van der Waals surface area contributed by atoms with Crippen molar-refractivity contribution in [1.82, 2.24) is 0 Å². The molecule has 0 aliphatic carbocycles. The lowest BCUT2D eigenvalue weighted by Gasteiger charge is -2.20. The van der Waals surface area contributed by atoms with Gasteiger partial charge >= 0.3 is 0 Å². The van der Waals surface area contributed by atoms with Gasteiger partial charge in [-0.1, -0.05) is 58.0 Å². The van der Waals surface area contributed by atoms with Crippen LogP contribution in [0.2, 0.25) is 0 Å². The van der Waals surface area contributed by atoms with Gasteiger partial charge in [-0.2, -0.15) is 0 Å². The van der Waals surface area contributed by atoms with Crippen LogP contribution in [-0.4, -0.2) is 5.11 Å². The molecule has 0 aliphatic heterocycles. The van der Waals surface area contributed by atoms with E-state index in [1.165, 1.54) is 5.56 Å². The van der Waals surface area contributed by atoms with E-state index in [1.54, 1.807) is 0 Å². The molecule has 0 fully saturated rings. The van der Waals surface area contributed by atoms with Crippen molar-refractivity contribution in [3.05, 3.63) is 59.7 Å². The predicted octanol–water partition coefficient (Wildman–Crippen LogP) is 5.22. The Kier molecular flexibility index (Phi) is 4.69. The summed E-state index contributed by atoms with van der Waals surface area (Å²) in [5, 5.41) is 10.1. The van der Waals surface area contributed by atoms with E-state index < -0.39 is 6.10 Å². The molecule has 0 saturated heterocycles. The van der Waals surface area contributed by atoms with Crippen molar-refractivity contribution in [3.63, 3.8) is 0 Å². The first-order valence-electron chi connectivity index (χ1n) is 7.47. The van der Waals surface area contributed by atoms with E-state index in [0.29, 0.717) is 6.42 Å². The first kappa shape index (κ1) is 15.6. The molecule has 0 amide bonds. The maximum Gasteiger partial charge on any atom is 0.133 e. The van der Waals surface area contributed by atoms with Crippen molar-refractivity contribution in [2.75, 3.05) is 0 Å². The zero-order valence-electron chi connectivity index (χ0n) is 13.3. The third-order valence-corrected chi connectivity index (χ3v) is 3.59. The predicted molar refractivity (Wildman–Crippen MR) is 86.9 cm³/mol. The summed E-state index contributed by atoms with van der Waals surface area (Å²) >= 11 is 0. The summed E-state index contributed by atoms with van der Waals surface area (Å²) in [4.78, 5) is 0. The van der Waals surface area contributed by atoms with Crippen LogP contribution in [0.4, 0.5) is 0 Å². The number of aliphatic hydroxyl groups excluding tert-OH is 1. The molecule has 112 valence electrons. The number of ether oxygens (including phenoxy) is 1. The molecule has 0 aliphatic rings. The molecule has 2 aromatic rings. The fourth-order valence-corrected chi connectivity index (χ4v) is 2.22. The van der Waals surface area contributed by atoms with E-state index >= 15 is 0 Å². The van der Waals surface area contributed by atoms with E-state index in [1.807, 2.05) is 43.3 Å². The Bertz CT molecular complexity index is 597. The average molecular weight is 284 g/mol. The quantitative estimate of drug-likeness (QED) is 0.834. The van der Waals surface area contributed by atoms with Crippen molar-refractivity contribution in [2.45, 2.75) is 45.6 Å². The zero-order valence-corrected chi connectivity index (χ0v) is 13.3. The van der Waals surface area contributed by atoms with Gasteiger partial charge in [0.15, 0.2) is 0 Å². The third-order valence-electron chi connectivity index (χ3n) is 3.59. The Morgan fingerprint density at radius 3 is 2.43 bits per heavy atom. The SMILES string of the molecule is CC[C@H](O)c1ccccc1Oc1cccc(C(C)(C)C)c1. The third kappa shape index (κ3) is 3.85. The van der Waals surface area contributed by atoms with E-state index in [9.17, 15) is 5.11 Å². The highest BCUT2D eigenvalue weighted by Crippen LogP contribution is 2.32. The second-order valence-electron chi connectivity index (χ2n) is 6.34. The highest BCUT2D eigenvalue weighted by atomic mass is 16.5. The van der Waals surface area contributed by atoms with Crippen molar-refractivity contribution in [3.8, 4) is 11.5 Å². The van der Waals surface area contributed by atoms with Gasteiger partial charge in [-0.3, -0.25) is 0 Å². The zero-order chi connectivity index (χ0) is 15.5. The van der Waals surface area contributed by atoms with Crippen LogP contribution in [0.25, 0.3) is 0 Å². The minimum Gasteiger partial charge on any atom is -0.457 e. The van der Waals surface area contributed by atoms with Crippen LogP contribution in [0.15, 0.2) is 48.5 Å². The lowest BCUT2D eigenvalue weighted by molar-refractivity contribution is 0.170. The van der Waals surface area contributed by atoms with Gasteiger partial charge in [0.05, 0.1) is 6.10 Å². The molecule has 2 heteroatoms. The first-order chi connectivity index (χ1) is 9.91. The summed E-state index contributed by atoms with van der Waals surface area (Å²) < 4.78 is 6.01. The molecule has 0 heterocycles. The molecule has 0 radical (unpaired) electrons. The van der Waals surface area contributed by atoms with Gasteiger partial charge < -0.3 is 9.84 Å². The van der Waals surface area contributed by atoms with E-state index in [4.69, 9.17) is 4.74 Å². The van der Waals surface area contributed by atoms with Crippen molar-refractivity contribution in [2.24, 2.45) is 0 Å². The van der Waals surface area contributed by atoms with Crippen LogP contribution < -0.4 is 4.74 Å². The summed E-state index contributed by atoms with van der Waals surface area (Å²) in [6.45, 7) is 8.50. The van der Waals surface area contributed by atoms with Crippen molar-refractivity contribution < 1.29 is 9.84 Å². The Morgan fingerprint density at radius 1 is 1.05 bits per heavy atom. The number of hydrogen-bond donors (Lipinski definition) is 1. The maximum absolute atomic E-state index is 10.1. The molecule has 1 N–H and O–H groups in total. The van der Waals surface area contributed by atoms with Crippen LogP contribution >= 0.6 is 0 Å². The van der Waals surface area contributed by atoms with Gasteiger partial charge in [0, 0.05) is 5.56 Å². The number of aliphatic hydroxyl groups is 1. The summed E-state index contributed by atoms with van der Waals surface area (Å²) in [5.74, 6) is 1.52. The number of benzene rings is 2. The Hall–Kier alpha value is -1.80. The van der Waals surface area contributed by atoms with Crippen molar-refractivity contribution in [1.29, 1.82) is 0 Å². The monoisotopic (exact) mass is 284 g/mol. The maximum atomic E-state index is 10.1. The molecular weight excluding hydrogens is 260 g/mol. The minimum absolute atomic E-state index is 0.0851. The highest BCUT2D eigenvalue weighted by Gasteiger charge is 2.15. The van der Waals surface area contributed by atoms with Crippen LogP contribution in [0.5, 0.6) is 11.5 Å². The first-order valence-corrected chi connectivity index (χ1v) is 7.47. The van der Waals surface area contributed by atoms with Crippen LogP contribution in [0.3, 0.4) is 0 Å². The van der Waals surface area contributed by atoms with Crippen LogP contribution in [0.1, 0.15) is 51.3 Å². The average Bonchev–Trinajstić information content (AvgIpc) is 2.46. The standard InChI is InChI=1S/C19H24O2/c1-5-17(20)16-11-6-7-12-18(16)21-15-10-8-9-14(13-15)19(2,3)4/h6-13,17,20H,5H2,1-4H3/t17-/m0/s1. The van der Waals surface area contributed by atoms with Gasteiger partial charge in [-0.25, -0.2) is 0 Å². The van der Waals surface area contributed by atoms with Gasteiger partial charge in [0.1, 0.15) is 11.5 Å². The molecule has 0 aromatic heterocycles.